The Morgan fingerprint density at radius 3 is 2.44 bits per heavy atom. The smallest absolute Gasteiger partial charge is 0.223 e. The second-order valence-electron chi connectivity index (χ2n) is 4.15. The van der Waals surface area contributed by atoms with Gasteiger partial charge in [0, 0.05) is 12.1 Å². The number of hydrogen-bond donors (Lipinski definition) is 1. The maximum atomic E-state index is 11.3. The topological polar surface area (TPSA) is 55.4 Å². The van der Waals surface area contributed by atoms with Crippen LogP contribution < -0.4 is 10.1 Å². The van der Waals surface area contributed by atoms with Gasteiger partial charge in [-0.05, 0) is 44.0 Å². The Hall–Kier alpha value is -1.84. The molecule has 4 heteroatoms. The van der Waals surface area contributed by atoms with Gasteiger partial charge in [-0.15, -0.1) is 0 Å². The standard InChI is InChI=1S/C14H19NO3/c1-4-15-13(17)5-6-18-14-10(2)7-12(9-16)8-11(14)3/h7-9H,4-6H2,1-3H3,(H,15,17). The molecule has 0 atom stereocenters. The molecule has 0 aliphatic rings. The van der Waals surface area contributed by atoms with Crippen molar-refractivity contribution in [2.75, 3.05) is 13.2 Å². The lowest BCUT2D eigenvalue weighted by Crippen LogP contribution is -2.24. The SMILES string of the molecule is CCNC(=O)CCOc1c(C)cc(C=O)cc1C. The second-order valence-corrected chi connectivity index (χ2v) is 4.15. The molecule has 0 heterocycles. The van der Waals surface area contributed by atoms with Crippen molar-refractivity contribution in [3.05, 3.63) is 28.8 Å². The van der Waals surface area contributed by atoms with Crippen LogP contribution in [0, 0.1) is 13.8 Å². The second kappa shape index (κ2) is 6.79. The van der Waals surface area contributed by atoms with Gasteiger partial charge in [-0.1, -0.05) is 0 Å². The molecule has 0 spiro atoms. The van der Waals surface area contributed by atoms with Gasteiger partial charge in [-0.3, -0.25) is 9.59 Å². The summed E-state index contributed by atoms with van der Waals surface area (Å²) in [5.41, 5.74) is 2.46. The van der Waals surface area contributed by atoms with E-state index in [1.54, 1.807) is 12.1 Å². The summed E-state index contributed by atoms with van der Waals surface area (Å²) in [5, 5.41) is 2.71. The summed E-state index contributed by atoms with van der Waals surface area (Å²) in [6.45, 7) is 6.63. The monoisotopic (exact) mass is 249 g/mol. The number of aldehydes is 1. The third-order valence-corrected chi connectivity index (χ3v) is 2.57. The first-order valence-corrected chi connectivity index (χ1v) is 6.04. The molecule has 0 bridgehead atoms. The Morgan fingerprint density at radius 1 is 1.33 bits per heavy atom. The number of amides is 1. The van der Waals surface area contributed by atoms with Crippen molar-refractivity contribution >= 4 is 12.2 Å². The van der Waals surface area contributed by atoms with E-state index in [4.69, 9.17) is 4.74 Å². The number of nitrogens with one attached hydrogen (secondary N) is 1. The number of hydrogen-bond acceptors (Lipinski definition) is 3. The predicted octanol–water partition coefficient (Wildman–Crippen LogP) is 2.02. The fraction of sp³-hybridized carbons (Fsp3) is 0.429. The molecule has 0 fully saturated rings. The summed E-state index contributed by atoms with van der Waals surface area (Å²) in [4.78, 5) is 22.0. The van der Waals surface area contributed by atoms with Gasteiger partial charge in [0.05, 0.1) is 13.0 Å². The zero-order chi connectivity index (χ0) is 13.5. The Labute approximate surface area is 107 Å². The molecule has 0 radical (unpaired) electrons. The number of aryl methyl sites for hydroxylation is 2. The molecule has 0 saturated heterocycles. The van der Waals surface area contributed by atoms with E-state index >= 15 is 0 Å². The average molecular weight is 249 g/mol. The highest BCUT2D eigenvalue weighted by Gasteiger charge is 2.07. The quantitative estimate of drug-likeness (QED) is 0.785. The summed E-state index contributed by atoms with van der Waals surface area (Å²) in [5.74, 6) is 0.738. The van der Waals surface area contributed by atoms with Crippen molar-refractivity contribution in [3.8, 4) is 5.75 Å². The Morgan fingerprint density at radius 2 is 1.94 bits per heavy atom. The Kier molecular flexibility index (Phi) is 5.36. The van der Waals surface area contributed by atoms with E-state index in [1.165, 1.54) is 0 Å². The highest BCUT2D eigenvalue weighted by Crippen LogP contribution is 2.24. The molecule has 0 saturated carbocycles. The van der Waals surface area contributed by atoms with Crippen LogP contribution in [0.15, 0.2) is 12.1 Å². The zero-order valence-corrected chi connectivity index (χ0v) is 11.1. The molecule has 1 aromatic carbocycles. The van der Waals surface area contributed by atoms with Gasteiger partial charge in [0.2, 0.25) is 5.91 Å². The van der Waals surface area contributed by atoms with Crippen molar-refractivity contribution < 1.29 is 14.3 Å². The van der Waals surface area contributed by atoms with Gasteiger partial charge in [-0.2, -0.15) is 0 Å². The largest absolute Gasteiger partial charge is 0.493 e. The Balaban J connectivity index is 2.62. The normalized spacial score (nSPS) is 9.94. The van der Waals surface area contributed by atoms with E-state index in [0.717, 1.165) is 23.2 Å². The van der Waals surface area contributed by atoms with Crippen LogP contribution in [0.1, 0.15) is 34.8 Å². The van der Waals surface area contributed by atoms with Crippen molar-refractivity contribution in [3.63, 3.8) is 0 Å². The number of rotatable bonds is 6. The first kappa shape index (κ1) is 14.2. The maximum Gasteiger partial charge on any atom is 0.223 e. The molecular formula is C14H19NO3. The number of carbonyl (C=O) groups is 2. The Bertz CT molecular complexity index is 418. The molecule has 0 aromatic heterocycles. The van der Waals surface area contributed by atoms with Gasteiger partial charge < -0.3 is 10.1 Å². The van der Waals surface area contributed by atoms with E-state index < -0.39 is 0 Å². The van der Waals surface area contributed by atoms with Crippen LogP contribution >= 0.6 is 0 Å². The molecule has 18 heavy (non-hydrogen) atoms. The molecule has 0 unspecified atom stereocenters. The van der Waals surface area contributed by atoms with Crippen molar-refractivity contribution in [2.24, 2.45) is 0 Å². The summed E-state index contributed by atoms with van der Waals surface area (Å²) >= 11 is 0. The fourth-order valence-corrected chi connectivity index (χ4v) is 1.81. The summed E-state index contributed by atoms with van der Waals surface area (Å²) in [6, 6.07) is 3.56. The van der Waals surface area contributed by atoms with Crippen LogP contribution in [-0.2, 0) is 4.79 Å². The van der Waals surface area contributed by atoms with Gasteiger partial charge >= 0.3 is 0 Å². The van der Waals surface area contributed by atoms with Crippen LogP contribution in [0.3, 0.4) is 0 Å². The summed E-state index contributed by atoms with van der Waals surface area (Å²) in [7, 11) is 0. The third kappa shape index (κ3) is 3.87. The van der Waals surface area contributed by atoms with E-state index in [9.17, 15) is 9.59 Å². The molecule has 4 nitrogen and oxygen atoms in total. The van der Waals surface area contributed by atoms with Gasteiger partial charge in [0.15, 0.2) is 0 Å². The molecule has 1 N–H and O–H groups in total. The van der Waals surface area contributed by atoms with Crippen LogP contribution in [0.2, 0.25) is 0 Å². The first-order valence-electron chi connectivity index (χ1n) is 6.04. The molecule has 98 valence electrons. The molecule has 1 rings (SSSR count). The van der Waals surface area contributed by atoms with Crippen molar-refractivity contribution in [2.45, 2.75) is 27.2 Å². The van der Waals surface area contributed by atoms with Gasteiger partial charge in [0.1, 0.15) is 12.0 Å². The minimum atomic E-state index is -0.0164. The lowest BCUT2D eigenvalue weighted by atomic mass is 10.1. The van der Waals surface area contributed by atoms with E-state index in [0.29, 0.717) is 25.1 Å². The van der Waals surface area contributed by atoms with Crippen LogP contribution in [0.25, 0.3) is 0 Å². The number of benzene rings is 1. The van der Waals surface area contributed by atoms with E-state index in [-0.39, 0.29) is 5.91 Å². The zero-order valence-electron chi connectivity index (χ0n) is 11.1. The van der Waals surface area contributed by atoms with Gasteiger partial charge in [-0.25, -0.2) is 0 Å². The molecule has 0 aliphatic carbocycles. The highest BCUT2D eigenvalue weighted by atomic mass is 16.5. The van der Waals surface area contributed by atoms with Crippen molar-refractivity contribution in [1.82, 2.24) is 5.32 Å². The summed E-state index contributed by atoms with van der Waals surface area (Å²) in [6.07, 6.45) is 1.15. The van der Waals surface area contributed by atoms with Crippen LogP contribution in [0.4, 0.5) is 0 Å². The lowest BCUT2D eigenvalue weighted by Gasteiger charge is -2.12. The van der Waals surface area contributed by atoms with E-state index in [1.807, 2.05) is 20.8 Å². The molecular weight excluding hydrogens is 230 g/mol. The van der Waals surface area contributed by atoms with Crippen LogP contribution in [-0.4, -0.2) is 25.3 Å². The fourth-order valence-electron chi connectivity index (χ4n) is 1.81. The third-order valence-electron chi connectivity index (χ3n) is 2.57. The van der Waals surface area contributed by atoms with Crippen molar-refractivity contribution in [1.29, 1.82) is 0 Å². The molecule has 1 amide bonds. The predicted molar refractivity (Wildman–Crippen MR) is 70.1 cm³/mol. The average Bonchev–Trinajstić information content (AvgIpc) is 2.32. The number of ether oxygens (including phenoxy) is 1. The van der Waals surface area contributed by atoms with E-state index in [2.05, 4.69) is 5.32 Å². The maximum absolute atomic E-state index is 11.3. The minimum absolute atomic E-state index is 0.0164. The van der Waals surface area contributed by atoms with Crippen LogP contribution in [0.5, 0.6) is 5.75 Å². The summed E-state index contributed by atoms with van der Waals surface area (Å²) < 4.78 is 5.61. The molecule has 0 aliphatic heterocycles. The van der Waals surface area contributed by atoms with Gasteiger partial charge in [0.25, 0.3) is 0 Å². The lowest BCUT2D eigenvalue weighted by molar-refractivity contribution is -0.121. The molecule has 1 aromatic rings. The highest BCUT2D eigenvalue weighted by molar-refractivity contribution is 5.77. The minimum Gasteiger partial charge on any atom is -0.493 e. The first-order chi connectivity index (χ1) is 8.58. The number of carbonyl (C=O) groups excluding carboxylic acids is 2.